The molecule has 0 saturated heterocycles. The van der Waals surface area contributed by atoms with Gasteiger partial charge in [0.1, 0.15) is 0 Å². The summed E-state index contributed by atoms with van der Waals surface area (Å²) >= 11 is 0. The highest BCUT2D eigenvalue weighted by atomic mass is 31.1. The Bertz CT molecular complexity index is 709. The maximum absolute atomic E-state index is 10.5. The van der Waals surface area contributed by atoms with Gasteiger partial charge in [-0.25, -0.2) is 0 Å². The minimum absolute atomic E-state index is 0.303. The molecule has 0 aliphatic heterocycles. The Morgan fingerprint density at radius 3 is 2.67 bits per heavy atom. The number of aryl methyl sites for hydroxylation is 1. The van der Waals surface area contributed by atoms with Crippen molar-refractivity contribution in [2.45, 2.75) is 64.8 Å². The molecule has 6 heteroatoms. The van der Waals surface area contributed by atoms with Gasteiger partial charge in [-0.1, -0.05) is 57.2 Å². The zero-order chi connectivity index (χ0) is 19.3. The van der Waals surface area contributed by atoms with E-state index < -0.39 is 8.25 Å². The normalized spacial score (nSPS) is 12.5. The molecule has 2 N–H and O–H groups in total. The summed E-state index contributed by atoms with van der Waals surface area (Å²) in [6, 6.07) is 8.61. The highest BCUT2D eigenvalue weighted by Crippen LogP contribution is 2.23. The molecule has 0 bridgehead atoms. The molecule has 1 heterocycles. The summed E-state index contributed by atoms with van der Waals surface area (Å²) in [4.78, 5) is 13.3. The number of pyridine rings is 1. The maximum atomic E-state index is 10.5. The number of rotatable bonds is 14. The van der Waals surface area contributed by atoms with Crippen molar-refractivity contribution in [2.75, 3.05) is 13.2 Å². The molecule has 0 amide bonds. The molecule has 1 unspecified atom stereocenters. The van der Waals surface area contributed by atoms with Crippen LogP contribution in [0, 0.1) is 0 Å². The quantitative estimate of drug-likeness (QED) is 0.349. The van der Waals surface area contributed by atoms with Gasteiger partial charge in [-0.3, -0.25) is 9.55 Å². The maximum Gasteiger partial charge on any atom is 0.316 e. The predicted octanol–water partition coefficient (Wildman–Crippen LogP) is 5.02. The van der Waals surface area contributed by atoms with E-state index in [9.17, 15) is 4.57 Å². The minimum Gasteiger partial charge on any atom is -0.326 e. The van der Waals surface area contributed by atoms with Crippen LogP contribution in [-0.4, -0.2) is 23.0 Å². The molecule has 0 saturated carbocycles. The first kappa shape index (κ1) is 22.0. The Morgan fingerprint density at radius 2 is 1.85 bits per heavy atom. The molecule has 0 fully saturated rings. The first-order valence-electron chi connectivity index (χ1n) is 10.1. The van der Waals surface area contributed by atoms with E-state index >= 15 is 0 Å². The number of benzene rings is 1. The van der Waals surface area contributed by atoms with Crippen LogP contribution in [0.25, 0.3) is 10.9 Å². The number of hydrogen-bond acceptors (Lipinski definition) is 4. The average Bonchev–Trinajstić information content (AvgIpc) is 2.68. The van der Waals surface area contributed by atoms with Gasteiger partial charge in [0, 0.05) is 18.1 Å². The van der Waals surface area contributed by atoms with Crippen LogP contribution in [0.1, 0.15) is 63.0 Å². The molecular formula is C21H33N2O3P. The summed E-state index contributed by atoms with van der Waals surface area (Å²) in [6.45, 7) is 4.03. The first-order valence-corrected chi connectivity index (χ1v) is 11.4. The summed E-state index contributed by atoms with van der Waals surface area (Å²) < 4.78 is 15.2. The van der Waals surface area contributed by atoms with Gasteiger partial charge in [0.25, 0.3) is 0 Å². The molecule has 150 valence electrons. The van der Waals surface area contributed by atoms with Crippen LogP contribution < -0.4 is 5.32 Å². The number of nitrogens with one attached hydrogen (secondary N) is 1. The van der Waals surface area contributed by atoms with Crippen molar-refractivity contribution >= 4 is 19.2 Å². The fourth-order valence-electron chi connectivity index (χ4n) is 3.33. The van der Waals surface area contributed by atoms with E-state index in [1.165, 1.54) is 55.0 Å². The van der Waals surface area contributed by atoms with Crippen molar-refractivity contribution in [3.05, 3.63) is 41.6 Å². The highest BCUT2D eigenvalue weighted by Gasteiger charge is 2.07. The topological polar surface area (TPSA) is 71.5 Å². The molecule has 1 atom stereocenters. The van der Waals surface area contributed by atoms with Crippen LogP contribution in [0.15, 0.2) is 30.5 Å². The van der Waals surface area contributed by atoms with Gasteiger partial charge in [0.15, 0.2) is 0 Å². The lowest BCUT2D eigenvalue weighted by atomic mass is 9.98. The lowest BCUT2D eigenvalue weighted by Crippen LogP contribution is -2.16. The average molecular weight is 392 g/mol. The fraction of sp³-hybridized carbons (Fsp3) is 0.571. The third kappa shape index (κ3) is 8.10. The van der Waals surface area contributed by atoms with E-state index in [2.05, 4.69) is 35.4 Å². The SMILES string of the molecule is CCCCCCCCc1ccc(CNCCCO[PH](=O)O)c2ncccc12. The van der Waals surface area contributed by atoms with Crippen molar-refractivity contribution in [2.24, 2.45) is 0 Å². The smallest absolute Gasteiger partial charge is 0.316 e. The summed E-state index contributed by atoms with van der Waals surface area (Å²) in [5.41, 5.74) is 3.65. The van der Waals surface area contributed by atoms with E-state index in [0.29, 0.717) is 13.0 Å². The number of unbranched alkanes of at least 4 members (excludes halogenated alkanes) is 5. The van der Waals surface area contributed by atoms with Crippen LogP contribution in [0.5, 0.6) is 0 Å². The summed E-state index contributed by atoms with van der Waals surface area (Å²) in [5.74, 6) is 0. The molecule has 0 aliphatic rings. The molecule has 0 aliphatic carbocycles. The monoisotopic (exact) mass is 392 g/mol. The highest BCUT2D eigenvalue weighted by molar-refractivity contribution is 7.32. The van der Waals surface area contributed by atoms with Crippen LogP contribution in [0.3, 0.4) is 0 Å². The second kappa shape index (κ2) is 13.0. The molecule has 0 spiro atoms. The van der Waals surface area contributed by atoms with Gasteiger partial charge in [-0.05, 0) is 43.0 Å². The lowest BCUT2D eigenvalue weighted by molar-refractivity contribution is 0.276. The molecule has 1 aromatic carbocycles. The molecule has 2 aromatic rings. The molecule has 1 aromatic heterocycles. The van der Waals surface area contributed by atoms with Gasteiger partial charge in [0.05, 0.1) is 12.1 Å². The van der Waals surface area contributed by atoms with Crippen LogP contribution >= 0.6 is 8.25 Å². The Balaban J connectivity index is 1.87. The van der Waals surface area contributed by atoms with Crippen molar-refractivity contribution in [1.29, 1.82) is 0 Å². The van der Waals surface area contributed by atoms with E-state index in [0.717, 1.165) is 25.0 Å². The van der Waals surface area contributed by atoms with Crippen molar-refractivity contribution in [1.82, 2.24) is 10.3 Å². The summed E-state index contributed by atoms with van der Waals surface area (Å²) in [7, 11) is -2.81. The summed E-state index contributed by atoms with van der Waals surface area (Å²) in [6.07, 6.45) is 11.5. The van der Waals surface area contributed by atoms with E-state index in [1.54, 1.807) is 0 Å². The Labute approximate surface area is 163 Å². The van der Waals surface area contributed by atoms with E-state index in [4.69, 9.17) is 9.42 Å². The van der Waals surface area contributed by atoms with E-state index in [1.807, 2.05) is 12.3 Å². The number of nitrogens with zero attached hydrogens (tertiary/aromatic N) is 1. The second-order valence-corrected chi connectivity index (χ2v) is 7.77. The third-order valence-corrected chi connectivity index (χ3v) is 5.23. The first-order chi connectivity index (χ1) is 13.2. The Kier molecular flexibility index (Phi) is 10.6. The van der Waals surface area contributed by atoms with Crippen molar-refractivity contribution in [3.63, 3.8) is 0 Å². The van der Waals surface area contributed by atoms with E-state index in [-0.39, 0.29) is 0 Å². The standard InChI is InChI=1S/C21H33N2O3P/c1-2-3-4-5-6-7-10-18-12-13-19(21-20(18)11-8-15-23-21)17-22-14-9-16-26-27(24)25/h8,11-13,15,22,27H,2-7,9-10,14,16-17H2,1H3,(H,24,25). The van der Waals surface area contributed by atoms with Crippen LogP contribution in [-0.2, 0) is 22.1 Å². The number of hydrogen-bond donors (Lipinski definition) is 2. The zero-order valence-corrected chi connectivity index (χ0v) is 17.4. The molecular weight excluding hydrogens is 359 g/mol. The van der Waals surface area contributed by atoms with Gasteiger partial charge in [-0.15, -0.1) is 0 Å². The molecule has 5 nitrogen and oxygen atoms in total. The fourth-order valence-corrected chi connectivity index (χ4v) is 3.65. The van der Waals surface area contributed by atoms with Gasteiger partial charge in [0.2, 0.25) is 0 Å². The van der Waals surface area contributed by atoms with Crippen LogP contribution in [0.2, 0.25) is 0 Å². The minimum atomic E-state index is -2.81. The van der Waals surface area contributed by atoms with Gasteiger partial charge in [-0.2, -0.15) is 0 Å². The molecule has 0 radical (unpaired) electrons. The molecule has 2 rings (SSSR count). The third-order valence-electron chi connectivity index (χ3n) is 4.78. The van der Waals surface area contributed by atoms with Gasteiger partial charge >= 0.3 is 8.25 Å². The van der Waals surface area contributed by atoms with Crippen molar-refractivity contribution in [3.8, 4) is 0 Å². The Hall–Kier alpha value is -1.26. The van der Waals surface area contributed by atoms with Gasteiger partial charge < -0.3 is 14.7 Å². The zero-order valence-electron chi connectivity index (χ0n) is 16.4. The van der Waals surface area contributed by atoms with Crippen molar-refractivity contribution < 1.29 is 14.0 Å². The Morgan fingerprint density at radius 1 is 1.07 bits per heavy atom. The number of aromatic nitrogens is 1. The predicted molar refractivity (Wildman–Crippen MR) is 112 cm³/mol. The molecule has 27 heavy (non-hydrogen) atoms. The lowest BCUT2D eigenvalue weighted by Gasteiger charge is -2.11. The number of fused-ring (bicyclic) bond motifs is 1. The largest absolute Gasteiger partial charge is 0.326 e. The van der Waals surface area contributed by atoms with Crippen LogP contribution in [0.4, 0.5) is 0 Å². The second-order valence-electron chi connectivity index (χ2n) is 6.95. The summed E-state index contributed by atoms with van der Waals surface area (Å²) in [5, 5.41) is 4.62.